The molecule has 1 heterocycles. The third-order valence-electron chi connectivity index (χ3n) is 2.91. The molecule has 0 saturated heterocycles. The molecule has 6 heteroatoms. The zero-order valence-electron chi connectivity index (χ0n) is 10.9. The minimum Gasteiger partial charge on any atom is -0.478 e. The minimum atomic E-state index is -1.10. The van der Waals surface area contributed by atoms with E-state index < -0.39 is 17.7 Å². The Bertz CT molecular complexity index is 694. The number of carboxylic acid groups (broad SMARTS) is 1. The first-order chi connectivity index (χ1) is 9.40. The predicted octanol–water partition coefficient (Wildman–Crippen LogP) is 3.45. The maximum absolute atomic E-state index is 13.1. The molecule has 0 spiro atoms. The maximum Gasteiger partial charge on any atom is 0.338 e. The second kappa shape index (κ2) is 5.42. The number of nitrogens with one attached hydrogen (secondary N) is 1. The number of rotatable bonds is 3. The number of carbonyl (C=O) groups is 2. The molecule has 104 valence electrons. The molecular formula is C14H12FNO3S. The molecule has 2 aromatic rings. The van der Waals surface area contributed by atoms with Crippen LogP contribution in [0, 0.1) is 19.7 Å². The molecule has 4 nitrogen and oxygen atoms in total. The van der Waals surface area contributed by atoms with Crippen molar-refractivity contribution < 1.29 is 19.1 Å². The van der Waals surface area contributed by atoms with Gasteiger partial charge in [0.15, 0.2) is 0 Å². The fourth-order valence-corrected chi connectivity index (χ4v) is 2.83. The summed E-state index contributed by atoms with van der Waals surface area (Å²) in [5, 5.41) is 12.0. The number of benzene rings is 1. The number of carboxylic acids is 1. The molecule has 0 fully saturated rings. The minimum absolute atomic E-state index is 0.0808. The van der Waals surface area contributed by atoms with Gasteiger partial charge in [-0.15, -0.1) is 11.3 Å². The van der Waals surface area contributed by atoms with Crippen LogP contribution >= 0.6 is 11.3 Å². The van der Waals surface area contributed by atoms with E-state index in [4.69, 9.17) is 0 Å². The standard InChI is InChI=1S/C14H12FNO3S/c1-7-8(2)20-13(11(7)14(18)19)16-12(17)9-4-3-5-10(15)6-9/h3-6H,1-2H3,(H,16,17)(H,18,19). The molecule has 20 heavy (non-hydrogen) atoms. The van der Waals surface area contributed by atoms with Crippen LogP contribution in [0.5, 0.6) is 0 Å². The van der Waals surface area contributed by atoms with Gasteiger partial charge < -0.3 is 10.4 Å². The predicted molar refractivity (Wildman–Crippen MR) is 75.1 cm³/mol. The Morgan fingerprint density at radius 2 is 2.00 bits per heavy atom. The normalized spacial score (nSPS) is 10.3. The van der Waals surface area contributed by atoms with Crippen molar-refractivity contribution >= 4 is 28.2 Å². The highest BCUT2D eigenvalue weighted by atomic mass is 32.1. The molecule has 0 radical (unpaired) electrons. The fourth-order valence-electron chi connectivity index (χ4n) is 1.78. The Morgan fingerprint density at radius 1 is 1.30 bits per heavy atom. The van der Waals surface area contributed by atoms with Gasteiger partial charge in [-0.2, -0.15) is 0 Å². The Hall–Kier alpha value is -2.21. The van der Waals surface area contributed by atoms with Crippen molar-refractivity contribution in [3.05, 3.63) is 51.7 Å². The lowest BCUT2D eigenvalue weighted by Gasteiger charge is -2.04. The first kappa shape index (κ1) is 14.2. The molecule has 1 amide bonds. The van der Waals surface area contributed by atoms with Crippen molar-refractivity contribution in [2.45, 2.75) is 13.8 Å². The number of hydrogen-bond acceptors (Lipinski definition) is 3. The summed E-state index contributed by atoms with van der Waals surface area (Å²) >= 11 is 1.19. The van der Waals surface area contributed by atoms with Crippen LogP contribution in [0.2, 0.25) is 0 Å². The lowest BCUT2D eigenvalue weighted by Crippen LogP contribution is -2.13. The third kappa shape index (κ3) is 2.70. The van der Waals surface area contributed by atoms with Crippen molar-refractivity contribution in [1.82, 2.24) is 0 Å². The monoisotopic (exact) mass is 293 g/mol. The van der Waals surface area contributed by atoms with E-state index in [1.165, 1.54) is 29.5 Å². The molecule has 0 aliphatic carbocycles. The van der Waals surface area contributed by atoms with Crippen LogP contribution in [-0.2, 0) is 0 Å². The molecule has 2 rings (SSSR count). The Morgan fingerprint density at radius 3 is 2.60 bits per heavy atom. The van der Waals surface area contributed by atoms with Gasteiger partial charge in [0.1, 0.15) is 10.8 Å². The maximum atomic E-state index is 13.1. The van der Waals surface area contributed by atoms with Crippen molar-refractivity contribution in [2.24, 2.45) is 0 Å². The van der Waals surface area contributed by atoms with Crippen LogP contribution in [0.3, 0.4) is 0 Å². The highest BCUT2D eigenvalue weighted by molar-refractivity contribution is 7.16. The molecule has 0 saturated carbocycles. The Kier molecular flexibility index (Phi) is 3.85. The summed E-state index contributed by atoms with van der Waals surface area (Å²) in [5.74, 6) is -2.15. The van der Waals surface area contributed by atoms with E-state index in [9.17, 15) is 19.1 Å². The first-order valence-electron chi connectivity index (χ1n) is 5.80. The smallest absolute Gasteiger partial charge is 0.338 e. The number of aryl methyl sites for hydroxylation is 1. The van der Waals surface area contributed by atoms with Crippen LogP contribution in [-0.4, -0.2) is 17.0 Å². The number of amides is 1. The second-order valence-electron chi connectivity index (χ2n) is 4.26. The highest BCUT2D eigenvalue weighted by Crippen LogP contribution is 2.32. The van der Waals surface area contributed by atoms with Gasteiger partial charge in [0.2, 0.25) is 0 Å². The van der Waals surface area contributed by atoms with E-state index in [1.807, 2.05) is 0 Å². The molecular weight excluding hydrogens is 281 g/mol. The quantitative estimate of drug-likeness (QED) is 0.910. The number of hydrogen-bond donors (Lipinski definition) is 2. The third-order valence-corrected chi connectivity index (χ3v) is 4.04. The molecule has 1 aromatic heterocycles. The topological polar surface area (TPSA) is 66.4 Å². The number of aromatic carboxylic acids is 1. The van der Waals surface area contributed by atoms with Gasteiger partial charge in [0.05, 0.1) is 5.56 Å². The van der Waals surface area contributed by atoms with E-state index in [0.717, 1.165) is 10.9 Å². The summed E-state index contributed by atoms with van der Waals surface area (Å²) in [6, 6.07) is 5.22. The molecule has 2 N–H and O–H groups in total. The Labute approximate surface area is 118 Å². The summed E-state index contributed by atoms with van der Waals surface area (Å²) in [4.78, 5) is 24.0. The SMILES string of the molecule is Cc1sc(NC(=O)c2cccc(F)c2)c(C(=O)O)c1C. The zero-order valence-corrected chi connectivity index (χ0v) is 11.7. The summed E-state index contributed by atoms with van der Waals surface area (Å²) < 4.78 is 13.1. The van der Waals surface area contributed by atoms with E-state index >= 15 is 0 Å². The van der Waals surface area contributed by atoms with E-state index in [0.29, 0.717) is 5.56 Å². The lowest BCUT2D eigenvalue weighted by molar-refractivity contribution is 0.0697. The van der Waals surface area contributed by atoms with Gasteiger partial charge in [0.25, 0.3) is 5.91 Å². The van der Waals surface area contributed by atoms with Gasteiger partial charge in [-0.25, -0.2) is 9.18 Å². The molecule has 0 aliphatic heterocycles. The number of halogens is 1. The second-order valence-corrected chi connectivity index (χ2v) is 5.48. The number of thiophene rings is 1. The van der Waals surface area contributed by atoms with E-state index in [2.05, 4.69) is 5.32 Å². The molecule has 0 aliphatic rings. The lowest BCUT2D eigenvalue weighted by atomic mass is 10.1. The van der Waals surface area contributed by atoms with Gasteiger partial charge in [-0.3, -0.25) is 4.79 Å². The van der Waals surface area contributed by atoms with Crippen molar-refractivity contribution in [2.75, 3.05) is 5.32 Å². The van der Waals surface area contributed by atoms with Crippen LogP contribution in [0.25, 0.3) is 0 Å². The number of carbonyl (C=O) groups excluding carboxylic acids is 1. The molecule has 1 aromatic carbocycles. The molecule has 0 atom stereocenters. The van der Waals surface area contributed by atoms with Crippen LogP contribution in [0.15, 0.2) is 24.3 Å². The van der Waals surface area contributed by atoms with Crippen molar-refractivity contribution in [1.29, 1.82) is 0 Å². The van der Waals surface area contributed by atoms with Crippen LogP contribution in [0.1, 0.15) is 31.2 Å². The average Bonchev–Trinajstić information content (AvgIpc) is 2.64. The van der Waals surface area contributed by atoms with Gasteiger partial charge in [0, 0.05) is 10.4 Å². The van der Waals surface area contributed by atoms with Gasteiger partial charge in [-0.05, 0) is 37.6 Å². The summed E-state index contributed by atoms with van der Waals surface area (Å²) in [7, 11) is 0. The van der Waals surface area contributed by atoms with Gasteiger partial charge >= 0.3 is 5.97 Å². The Balaban J connectivity index is 2.33. The highest BCUT2D eigenvalue weighted by Gasteiger charge is 2.20. The molecule has 0 unspecified atom stereocenters. The molecule has 0 bridgehead atoms. The average molecular weight is 293 g/mol. The summed E-state index contributed by atoms with van der Waals surface area (Å²) in [6.07, 6.45) is 0. The van der Waals surface area contributed by atoms with Crippen LogP contribution in [0.4, 0.5) is 9.39 Å². The van der Waals surface area contributed by atoms with E-state index in [-0.39, 0.29) is 16.1 Å². The van der Waals surface area contributed by atoms with Crippen molar-refractivity contribution in [3.63, 3.8) is 0 Å². The number of anilines is 1. The fraction of sp³-hybridized carbons (Fsp3) is 0.143. The van der Waals surface area contributed by atoms with Crippen molar-refractivity contribution in [3.8, 4) is 0 Å². The zero-order chi connectivity index (χ0) is 14.9. The van der Waals surface area contributed by atoms with E-state index in [1.54, 1.807) is 13.8 Å². The summed E-state index contributed by atoms with van der Waals surface area (Å²) in [5.41, 5.74) is 0.847. The largest absolute Gasteiger partial charge is 0.478 e. The summed E-state index contributed by atoms with van der Waals surface area (Å²) in [6.45, 7) is 3.47. The van der Waals surface area contributed by atoms with Crippen LogP contribution < -0.4 is 5.32 Å². The first-order valence-corrected chi connectivity index (χ1v) is 6.62. The van der Waals surface area contributed by atoms with Gasteiger partial charge in [-0.1, -0.05) is 6.07 Å².